The van der Waals surface area contributed by atoms with Gasteiger partial charge in [0.15, 0.2) is 5.13 Å². The van der Waals surface area contributed by atoms with Crippen LogP contribution in [0.4, 0.5) is 24.0 Å². The highest BCUT2D eigenvalue weighted by Crippen LogP contribution is 2.38. The van der Waals surface area contributed by atoms with Gasteiger partial charge in [0.25, 0.3) is 0 Å². The molecule has 0 radical (unpaired) electrons. The van der Waals surface area contributed by atoms with Gasteiger partial charge in [-0.3, -0.25) is 0 Å². The second-order valence-electron chi connectivity index (χ2n) is 4.34. The van der Waals surface area contributed by atoms with E-state index >= 15 is 0 Å². The van der Waals surface area contributed by atoms with Crippen molar-refractivity contribution in [1.29, 1.82) is 0 Å². The van der Waals surface area contributed by atoms with Gasteiger partial charge in [-0.15, -0.1) is 0 Å². The molecule has 0 bridgehead atoms. The van der Waals surface area contributed by atoms with Gasteiger partial charge in [0.2, 0.25) is 0 Å². The molecule has 0 atom stereocenters. The number of hydrogen-bond donors (Lipinski definition) is 2. The standard InChI is InChI=1S/C14H9F3N2OS/c15-14(16,17)9-7-8(5-6-11(9)20)18-13-19-10-3-1-2-4-12(10)21-13/h1-7,20H,(H,18,19). The molecule has 0 fully saturated rings. The Morgan fingerprint density at radius 3 is 2.57 bits per heavy atom. The predicted octanol–water partition coefficient (Wildman–Crippen LogP) is 4.76. The maximum atomic E-state index is 12.7. The van der Waals surface area contributed by atoms with E-state index in [1.165, 1.54) is 17.4 Å². The van der Waals surface area contributed by atoms with Gasteiger partial charge in [-0.25, -0.2) is 4.98 Å². The predicted molar refractivity (Wildman–Crippen MR) is 76.0 cm³/mol. The van der Waals surface area contributed by atoms with E-state index in [0.717, 1.165) is 22.3 Å². The Labute approximate surface area is 121 Å². The molecule has 0 aliphatic heterocycles. The summed E-state index contributed by atoms with van der Waals surface area (Å²) in [7, 11) is 0. The Kier molecular flexibility index (Phi) is 3.21. The third-order valence-electron chi connectivity index (χ3n) is 2.85. The molecule has 108 valence electrons. The van der Waals surface area contributed by atoms with Gasteiger partial charge in [0.05, 0.1) is 15.8 Å². The van der Waals surface area contributed by atoms with Gasteiger partial charge in [-0.05, 0) is 30.3 Å². The summed E-state index contributed by atoms with van der Waals surface area (Å²) in [5.74, 6) is -0.794. The number of fused-ring (bicyclic) bond motifs is 1. The van der Waals surface area contributed by atoms with Gasteiger partial charge in [0.1, 0.15) is 5.75 Å². The number of thiazole rings is 1. The molecular weight excluding hydrogens is 301 g/mol. The zero-order valence-electron chi connectivity index (χ0n) is 10.5. The molecule has 0 unspecified atom stereocenters. The van der Waals surface area contributed by atoms with E-state index in [-0.39, 0.29) is 5.69 Å². The van der Waals surface area contributed by atoms with Crippen molar-refractivity contribution >= 4 is 32.4 Å². The molecule has 0 aliphatic rings. The minimum atomic E-state index is -4.60. The number of halogens is 3. The maximum Gasteiger partial charge on any atom is 0.420 e. The summed E-state index contributed by atoms with van der Waals surface area (Å²) >= 11 is 1.34. The van der Waals surface area contributed by atoms with Gasteiger partial charge in [0, 0.05) is 5.69 Å². The summed E-state index contributed by atoms with van der Waals surface area (Å²) in [6.07, 6.45) is -4.60. The molecule has 0 amide bonds. The van der Waals surface area contributed by atoms with Crippen LogP contribution in [0.2, 0.25) is 0 Å². The van der Waals surface area contributed by atoms with Crippen LogP contribution >= 0.6 is 11.3 Å². The van der Waals surface area contributed by atoms with E-state index in [9.17, 15) is 18.3 Å². The van der Waals surface area contributed by atoms with Crippen LogP contribution < -0.4 is 5.32 Å². The monoisotopic (exact) mass is 310 g/mol. The number of rotatable bonds is 2. The Hall–Kier alpha value is -2.28. The number of aromatic nitrogens is 1. The van der Waals surface area contributed by atoms with Crippen molar-refractivity contribution in [2.45, 2.75) is 6.18 Å². The van der Waals surface area contributed by atoms with Crippen molar-refractivity contribution in [3.05, 3.63) is 48.0 Å². The fraction of sp³-hybridized carbons (Fsp3) is 0.0714. The normalized spacial score (nSPS) is 11.8. The smallest absolute Gasteiger partial charge is 0.420 e. The van der Waals surface area contributed by atoms with Crippen molar-refractivity contribution in [2.24, 2.45) is 0 Å². The first-order chi connectivity index (χ1) is 9.93. The van der Waals surface area contributed by atoms with E-state index in [1.807, 2.05) is 24.3 Å². The number of hydrogen-bond acceptors (Lipinski definition) is 4. The number of aromatic hydroxyl groups is 1. The summed E-state index contributed by atoms with van der Waals surface area (Å²) < 4.78 is 39.1. The average Bonchev–Trinajstić information content (AvgIpc) is 2.82. The second-order valence-corrected chi connectivity index (χ2v) is 5.37. The van der Waals surface area contributed by atoms with Crippen LogP contribution in [0.5, 0.6) is 5.75 Å². The molecule has 0 saturated carbocycles. The minimum absolute atomic E-state index is 0.221. The van der Waals surface area contributed by atoms with Gasteiger partial charge < -0.3 is 10.4 Å². The lowest BCUT2D eigenvalue weighted by molar-refractivity contribution is -0.138. The highest BCUT2D eigenvalue weighted by molar-refractivity contribution is 7.22. The highest BCUT2D eigenvalue weighted by atomic mass is 32.1. The molecule has 2 aromatic carbocycles. The van der Waals surface area contributed by atoms with Crippen molar-refractivity contribution in [2.75, 3.05) is 5.32 Å². The molecule has 3 rings (SSSR count). The number of nitrogens with one attached hydrogen (secondary N) is 1. The largest absolute Gasteiger partial charge is 0.507 e. The molecular formula is C14H9F3N2OS. The van der Waals surface area contributed by atoms with Crippen LogP contribution in [0.1, 0.15) is 5.56 Å². The van der Waals surface area contributed by atoms with Gasteiger partial charge in [-0.2, -0.15) is 13.2 Å². The van der Waals surface area contributed by atoms with Crippen molar-refractivity contribution < 1.29 is 18.3 Å². The van der Waals surface area contributed by atoms with Crippen molar-refractivity contribution in [3.63, 3.8) is 0 Å². The molecule has 3 nitrogen and oxygen atoms in total. The molecule has 7 heteroatoms. The molecule has 21 heavy (non-hydrogen) atoms. The summed E-state index contributed by atoms with van der Waals surface area (Å²) in [6, 6.07) is 10.7. The van der Waals surface area contributed by atoms with E-state index in [1.54, 1.807) is 0 Å². The van der Waals surface area contributed by atoms with Crippen LogP contribution in [0.25, 0.3) is 10.2 Å². The van der Waals surface area contributed by atoms with Crippen LogP contribution in [0, 0.1) is 0 Å². The van der Waals surface area contributed by atoms with Crippen LogP contribution in [-0.4, -0.2) is 10.1 Å². The Morgan fingerprint density at radius 1 is 1.10 bits per heavy atom. The number of para-hydroxylation sites is 1. The number of alkyl halides is 3. The molecule has 0 aliphatic carbocycles. The fourth-order valence-corrected chi connectivity index (χ4v) is 2.78. The molecule has 0 spiro atoms. The van der Waals surface area contributed by atoms with Crippen molar-refractivity contribution in [1.82, 2.24) is 4.98 Å². The van der Waals surface area contributed by atoms with E-state index in [4.69, 9.17) is 0 Å². The molecule has 1 aromatic heterocycles. The number of phenols is 1. The SMILES string of the molecule is Oc1ccc(Nc2nc3ccccc3s2)cc1C(F)(F)F. The summed E-state index contributed by atoms with van der Waals surface area (Å²) in [5.41, 5.74) is -0.0763. The average molecular weight is 310 g/mol. The molecule has 1 heterocycles. The first-order valence-electron chi connectivity index (χ1n) is 5.96. The number of anilines is 2. The van der Waals surface area contributed by atoms with Crippen molar-refractivity contribution in [3.8, 4) is 5.75 Å². The van der Waals surface area contributed by atoms with Crippen LogP contribution in [0.15, 0.2) is 42.5 Å². The number of benzene rings is 2. The molecule has 0 saturated heterocycles. The zero-order valence-corrected chi connectivity index (χ0v) is 11.3. The molecule has 2 N–H and O–H groups in total. The quantitative estimate of drug-likeness (QED) is 0.671. The third-order valence-corrected chi connectivity index (χ3v) is 3.80. The van der Waals surface area contributed by atoms with E-state index < -0.39 is 17.5 Å². The third kappa shape index (κ3) is 2.78. The Morgan fingerprint density at radius 2 is 1.86 bits per heavy atom. The maximum absolute atomic E-state index is 12.7. The highest BCUT2D eigenvalue weighted by Gasteiger charge is 2.34. The Bertz CT molecular complexity index is 765. The topological polar surface area (TPSA) is 45.1 Å². The second kappa shape index (κ2) is 4.92. The van der Waals surface area contributed by atoms with Crippen LogP contribution in [-0.2, 0) is 6.18 Å². The van der Waals surface area contributed by atoms with E-state index in [2.05, 4.69) is 10.3 Å². The first-order valence-corrected chi connectivity index (χ1v) is 6.78. The minimum Gasteiger partial charge on any atom is -0.507 e. The van der Waals surface area contributed by atoms with Crippen LogP contribution in [0.3, 0.4) is 0 Å². The first kappa shape index (κ1) is 13.7. The summed E-state index contributed by atoms with van der Waals surface area (Å²) in [6.45, 7) is 0. The summed E-state index contributed by atoms with van der Waals surface area (Å²) in [4.78, 5) is 4.29. The lowest BCUT2D eigenvalue weighted by Gasteiger charge is -2.11. The molecule has 3 aromatic rings. The van der Waals surface area contributed by atoms with Gasteiger partial charge >= 0.3 is 6.18 Å². The number of nitrogens with zero attached hydrogens (tertiary/aromatic N) is 1. The fourth-order valence-electron chi connectivity index (χ4n) is 1.89. The number of phenolic OH excluding ortho intramolecular Hbond substituents is 1. The lowest BCUT2D eigenvalue weighted by Crippen LogP contribution is -2.05. The van der Waals surface area contributed by atoms with Gasteiger partial charge in [-0.1, -0.05) is 23.5 Å². The zero-order chi connectivity index (χ0) is 15.0. The van der Waals surface area contributed by atoms with E-state index in [0.29, 0.717) is 5.13 Å². The lowest BCUT2D eigenvalue weighted by atomic mass is 10.1. The summed E-state index contributed by atoms with van der Waals surface area (Å²) in [5, 5.41) is 12.6. The Balaban J connectivity index is 1.94.